The Hall–Kier alpha value is -0.340. The summed E-state index contributed by atoms with van der Waals surface area (Å²) < 4.78 is 5.46. The molecule has 0 spiro atoms. The van der Waals surface area contributed by atoms with E-state index in [2.05, 4.69) is 18.8 Å². The lowest BCUT2D eigenvalue weighted by molar-refractivity contribution is 0.118. The van der Waals surface area contributed by atoms with Crippen LogP contribution in [0, 0.1) is 5.92 Å². The van der Waals surface area contributed by atoms with Gasteiger partial charge in [0.05, 0.1) is 12.7 Å². The van der Waals surface area contributed by atoms with Crippen molar-refractivity contribution in [2.75, 3.05) is 13.7 Å². The van der Waals surface area contributed by atoms with E-state index in [1.54, 1.807) is 0 Å². The van der Waals surface area contributed by atoms with Gasteiger partial charge in [-0.25, -0.2) is 0 Å². The van der Waals surface area contributed by atoms with Gasteiger partial charge in [0.2, 0.25) is 0 Å². The van der Waals surface area contributed by atoms with Crippen LogP contribution < -0.4 is 5.32 Å². The van der Waals surface area contributed by atoms with Crippen LogP contribution in [0.2, 0.25) is 0 Å². The molecular weight excluding hydrogens is 138 g/mol. The summed E-state index contributed by atoms with van der Waals surface area (Å²) >= 11 is 0. The summed E-state index contributed by atoms with van der Waals surface area (Å²) in [5.74, 6) is 0.618. The van der Waals surface area contributed by atoms with Gasteiger partial charge in [0.1, 0.15) is 0 Å². The Morgan fingerprint density at radius 2 is 2.45 bits per heavy atom. The first-order chi connectivity index (χ1) is 5.27. The molecule has 1 N–H and O–H groups in total. The molecule has 11 heavy (non-hydrogen) atoms. The van der Waals surface area contributed by atoms with Crippen molar-refractivity contribution in [1.29, 1.82) is 0 Å². The maximum Gasteiger partial charge on any atom is 0.0551 e. The van der Waals surface area contributed by atoms with Crippen LogP contribution in [0.15, 0.2) is 12.7 Å². The van der Waals surface area contributed by atoms with Crippen molar-refractivity contribution in [2.24, 2.45) is 5.92 Å². The Morgan fingerprint density at radius 3 is 2.82 bits per heavy atom. The summed E-state index contributed by atoms with van der Waals surface area (Å²) in [5.41, 5.74) is 0. The SMILES string of the molecule is C=CC(NC)C1COC(C)C1. The predicted octanol–water partition coefficient (Wildman–Crippen LogP) is 1.19. The summed E-state index contributed by atoms with van der Waals surface area (Å²) in [6, 6.07) is 0.417. The van der Waals surface area contributed by atoms with E-state index in [-0.39, 0.29) is 0 Å². The van der Waals surface area contributed by atoms with Crippen molar-refractivity contribution in [3.05, 3.63) is 12.7 Å². The van der Waals surface area contributed by atoms with Gasteiger partial charge < -0.3 is 10.1 Å². The largest absolute Gasteiger partial charge is 0.378 e. The number of nitrogens with one attached hydrogen (secondary N) is 1. The second-order valence-electron chi connectivity index (χ2n) is 3.19. The highest BCUT2D eigenvalue weighted by Gasteiger charge is 2.26. The third-order valence-electron chi connectivity index (χ3n) is 2.32. The van der Waals surface area contributed by atoms with Crippen molar-refractivity contribution < 1.29 is 4.74 Å². The third-order valence-corrected chi connectivity index (χ3v) is 2.32. The molecule has 0 radical (unpaired) electrons. The van der Waals surface area contributed by atoms with Gasteiger partial charge in [-0.15, -0.1) is 6.58 Å². The third kappa shape index (κ3) is 2.04. The summed E-state index contributed by atoms with van der Waals surface area (Å²) in [4.78, 5) is 0. The molecule has 0 bridgehead atoms. The first-order valence-corrected chi connectivity index (χ1v) is 4.19. The molecule has 64 valence electrons. The minimum Gasteiger partial charge on any atom is -0.378 e. The molecular formula is C9H17NO. The van der Waals surface area contributed by atoms with E-state index in [0.29, 0.717) is 18.1 Å². The average molecular weight is 155 g/mol. The molecule has 1 saturated heterocycles. The molecule has 3 atom stereocenters. The van der Waals surface area contributed by atoms with E-state index in [9.17, 15) is 0 Å². The molecule has 0 aromatic heterocycles. The Balaban J connectivity index is 2.40. The monoisotopic (exact) mass is 155 g/mol. The normalized spacial score (nSPS) is 33.6. The fraction of sp³-hybridized carbons (Fsp3) is 0.778. The van der Waals surface area contributed by atoms with Crippen molar-refractivity contribution in [3.63, 3.8) is 0 Å². The number of likely N-dealkylation sites (N-methyl/N-ethyl adjacent to an activating group) is 1. The Kier molecular flexibility index (Phi) is 3.09. The van der Waals surface area contributed by atoms with Crippen LogP contribution in [0.25, 0.3) is 0 Å². The summed E-state index contributed by atoms with van der Waals surface area (Å²) in [6.07, 6.45) is 3.54. The molecule has 1 aliphatic heterocycles. The van der Waals surface area contributed by atoms with Crippen LogP contribution in [0.4, 0.5) is 0 Å². The highest BCUT2D eigenvalue weighted by atomic mass is 16.5. The van der Waals surface area contributed by atoms with E-state index >= 15 is 0 Å². The minimum atomic E-state index is 0.417. The van der Waals surface area contributed by atoms with Crippen LogP contribution in [0.3, 0.4) is 0 Å². The summed E-state index contributed by atoms with van der Waals surface area (Å²) in [6.45, 7) is 6.78. The molecule has 0 saturated carbocycles. The van der Waals surface area contributed by atoms with Crippen molar-refractivity contribution in [2.45, 2.75) is 25.5 Å². The molecule has 3 unspecified atom stereocenters. The minimum absolute atomic E-state index is 0.417. The number of hydrogen-bond acceptors (Lipinski definition) is 2. The molecule has 1 heterocycles. The Bertz CT molecular complexity index is 136. The van der Waals surface area contributed by atoms with E-state index in [0.717, 1.165) is 13.0 Å². The second kappa shape index (κ2) is 3.88. The van der Waals surface area contributed by atoms with Gasteiger partial charge in [-0.05, 0) is 20.4 Å². The number of hydrogen-bond donors (Lipinski definition) is 1. The Labute approximate surface area is 68.6 Å². The molecule has 0 amide bonds. The van der Waals surface area contributed by atoms with E-state index < -0.39 is 0 Å². The smallest absolute Gasteiger partial charge is 0.0551 e. The zero-order valence-corrected chi connectivity index (χ0v) is 7.34. The molecule has 1 fully saturated rings. The molecule has 0 aromatic carbocycles. The van der Waals surface area contributed by atoms with Gasteiger partial charge in [0.15, 0.2) is 0 Å². The van der Waals surface area contributed by atoms with Gasteiger partial charge in [-0.2, -0.15) is 0 Å². The molecule has 1 aliphatic rings. The Morgan fingerprint density at radius 1 is 1.73 bits per heavy atom. The second-order valence-corrected chi connectivity index (χ2v) is 3.19. The van der Waals surface area contributed by atoms with Crippen LogP contribution in [0.1, 0.15) is 13.3 Å². The van der Waals surface area contributed by atoms with E-state index in [1.807, 2.05) is 13.1 Å². The standard InChI is InChI=1S/C9H17NO/c1-4-9(10-3)8-5-7(2)11-6-8/h4,7-10H,1,5-6H2,2-3H3. The van der Waals surface area contributed by atoms with Gasteiger partial charge >= 0.3 is 0 Å². The van der Waals surface area contributed by atoms with Crippen molar-refractivity contribution in [3.8, 4) is 0 Å². The number of ether oxygens (including phenoxy) is 1. The highest BCUT2D eigenvalue weighted by Crippen LogP contribution is 2.22. The lowest BCUT2D eigenvalue weighted by Gasteiger charge is -2.17. The van der Waals surface area contributed by atoms with Crippen molar-refractivity contribution >= 4 is 0 Å². The fourth-order valence-corrected chi connectivity index (χ4v) is 1.65. The topological polar surface area (TPSA) is 21.3 Å². The highest BCUT2D eigenvalue weighted by molar-refractivity contribution is 4.92. The maximum atomic E-state index is 5.46. The predicted molar refractivity (Wildman–Crippen MR) is 46.6 cm³/mol. The molecule has 0 aliphatic carbocycles. The van der Waals surface area contributed by atoms with Gasteiger partial charge in [-0.3, -0.25) is 0 Å². The zero-order valence-electron chi connectivity index (χ0n) is 7.34. The average Bonchev–Trinajstić information content (AvgIpc) is 2.39. The summed E-state index contributed by atoms with van der Waals surface area (Å²) in [5, 5.41) is 3.22. The molecule has 1 rings (SSSR count). The van der Waals surface area contributed by atoms with Gasteiger partial charge in [0.25, 0.3) is 0 Å². The van der Waals surface area contributed by atoms with Gasteiger partial charge in [0, 0.05) is 12.0 Å². The van der Waals surface area contributed by atoms with Gasteiger partial charge in [-0.1, -0.05) is 6.08 Å². The lowest BCUT2D eigenvalue weighted by Crippen LogP contribution is -2.31. The summed E-state index contributed by atoms with van der Waals surface area (Å²) in [7, 11) is 1.97. The van der Waals surface area contributed by atoms with Crippen LogP contribution >= 0.6 is 0 Å². The molecule has 2 heteroatoms. The molecule has 2 nitrogen and oxygen atoms in total. The van der Waals surface area contributed by atoms with E-state index in [4.69, 9.17) is 4.74 Å². The van der Waals surface area contributed by atoms with Crippen molar-refractivity contribution in [1.82, 2.24) is 5.32 Å². The maximum absolute atomic E-state index is 5.46. The lowest BCUT2D eigenvalue weighted by atomic mass is 9.97. The van der Waals surface area contributed by atoms with Crippen LogP contribution in [-0.2, 0) is 4.74 Å². The van der Waals surface area contributed by atoms with E-state index in [1.165, 1.54) is 0 Å². The number of rotatable bonds is 3. The quantitative estimate of drug-likeness (QED) is 0.618. The first-order valence-electron chi connectivity index (χ1n) is 4.19. The van der Waals surface area contributed by atoms with Crippen LogP contribution in [-0.4, -0.2) is 25.8 Å². The van der Waals surface area contributed by atoms with Crippen LogP contribution in [0.5, 0.6) is 0 Å². The first kappa shape index (κ1) is 8.75. The molecule has 0 aromatic rings. The fourth-order valence-electron chi connectivity index (χ4n) is 1.65. The zero-order chi connectivity index (χ0) is 8.27.